The minimum Gasteiger partial charge on any atom is -0.390 e. The zero-order valence-electron chi connectivity index (χ0n) is 13.3. The van der Waals surface area contributed by atoms with E-state index in [1.807, 2.05) is 0 Å². The Morgan fingerprint density at radius 1 is 1.33 bits per heavy atom. The summed E-state index contributed by atoms with van der Waals surface area (Å²) in [4.78, 5) is 0. The molecule has 118 valence electrons. The molecule has 1 N–H and O–H groups in total. The van der Waals surface area contributed by atoms with E-state index in [0.717, 1.165) is 32.1 Å². The predicted octanol–water partition coefficient (Wildman–Crippen LogP) is 5.38. The van der Waals surface area contributed by atoms with Crippen molar-refractivity contribution in [1.82, 2.24) is 0 Å². The largest absolute Gasteiger partial charge is 0.390 e. The third kappa shape index (κ3) is 3.98. The first-order chi connectivity index (χ1) is 9.76. The molecule has 21 heavy (non-hydrogen) atoms. The first-order valence-electron chi connectivity index (χ1n) is 7.92. The van der Waals surface area contributed by atoms with E-state index in [1.54, 1.807) is 12.1 Å². The fraction of sp³-hybridized carbons (Fsp3) is 0.667. The molecule has 0 saturated heterocycles. The number of hydrogen-bond acceptors (Lipinski definition) is 1. The molecule has 1 saturated carbocycles. The fourth-order valence-corrected chi connectivity index (χ4v) is 3.63. The van der Waals surface area contributed by atoms with Crippen molar-refractivity contribution in [3.63, 3.8) is 0 Å². The Balaban J connectivity index is 2.04. The van der Waals surface area contributed by atoms with Crippen LogP contribution in [0.5, 0.6) is 0 Å². The number of rotatable bonds is 4. The third-order valence-corrected chi connectivity index (χ3v) is 5.70. The van der Waals surface area contributed by atoms with Crippen LogP contribution in [-0.2, 0) is 6.42 Å². The Hall–Kier alpha value is -0.600. The molecular formula is C18H26ClFO. The summed E-state index contributed by atoms with van der Waals surface area (Å²) in [5, 5.41) is 11.3. The maximum atomic E-state index is 13.8. The van der Waals surface area contributed by atoms with Gasteiger partial charge in [-0.3, -0.25) is 0 Å². The SMILES string of the molecule is CCC(C)(C)C1CCC(O)(Cc2cc(Cl)ccc2F)CC1. The first-order valence-corrected chi connectivity index (χ1v) is 8.30. The lowest BCUT2D eigenvalue weighted by atomic mass is 9.65. The van der Waals surface area contributed by atoms with Crippen molar-refractivity contribution in [2.24, 2.45) is 11.3 Å². The molecule has 0 heterocycles. The highest BCUT2D eigenvalue weighted by Crippen LogP contribution is 2.44. The van der Waals surface area contributed by atoms with E-state index in [2.05, 4.69) is 20.8 Å². The van der Waals surface area contributed by atoms with Crippen LogP contribution in [0.25, 0.3) is 0 Å². The van der Waals surface area contributed by atoms with Gasteiger partial charge < -0.3 is 5.11 Å². The fourth-order valence-electron chi connectivity index (χ4n) is 3.44. The first kappa shape index (κ1) is 16.8. The van der Waals surface area contributed by atoms with Gasteiger partial charge in [0.15, 0.2) is 0 Å². The molecule has 0 aromatic heterocycles. The van der Waals surface area contributed by atoms with Crippen molar-refractivity contribution < 1.29 is 9.50 Å². The van der Waals surface area contributed by atoms with Gasteiger partial charge in [-0.05, 0) is 60.8 Å². The highest BCUT2D eigenvalue weighted by atomic mass is 35.5. The third-order valence-electron chi connectivity index (χ3n) is 5.46. The van der Waals surface area contributed by atoms with E-state index in [-0.39, 0.29) is 5.82 Å². The number of aliphatic hydroxyl groups is 1. The zero-order chi connectivity index (χ0) is 15.7. The second-order valence-electron chi connectivity index (χ2n) is 7.25. The Morgan fingerprint density at radius 2 is 1.95 bits per heavy atom. The van der Waals surface area contributed by atoms with Crippen LogP contribution in [-0.4, -0.2) is 10.7 Å². The van der Waals surface area contributed by atoms with Gasteiger partial charge in [-0.25, -0.2) is 4.39 Å². The number of hydrogen-bond donors (Lipinski definition) is 1. The summed E-state index contributed by atoms with van der Waals surface area (Å²) in [6.45, 7) is 6.83. The second kappa shape index (κ2) is 6.26. The lowest BCUT2D eigenvalue weighted by Crippen LogP contribution is -2.39. The van der Waals surface area contributed by atoms with E-state index in [1.165, 1.54) is 6.07 Å². The van der Waals surface area contributed by atoms with Crippen LogP contribution in [0, 0.1) is 17.2 Å². The average molecular weight is 313 g/mol. The molecule has 0 bridgehead atoms. The van der Waals surface area contributed by atoms with Crippen LogP contribution in [0.2, 0.25) is 5.02 Å². The molecule has 0 aliphatic heterocycles. The van der Waals surface area contributed by atoms with Crippen molar-refractivity contribution in [3.8, 4) is 0 Å². The van der Waals surface area contributed by atoms with Gasteiger partial charge in [-0.15, -0.1) is 0 Å². The summed E-state index contributed by atoms with van der Waals surface area (Å²) >= 11 is 5.93. The Morgan fingerprint density at radius 3 is 2.52 bits per heavy atom. The van der Waals surface area contributed by atoms with Crippen molar-refractivity contribution in [3.05, 3.63) is 34.6 Å². The average Bonchev–Trinajstić information content (AvgIpc) is 2.43. The summed E-state index contributed by atoms with van der Waals surface area (Å²) in [6, 6.07) is 4.56. The smallest absolute Gasteiger partial charge is 0.126 e. The molecule has 1 aliphatic rings. The Labute approximate surface area is 132 Å². The molecule has 1 nitrogen and oxygen atoms in total. The van der Waals surface area contributed by atoms with Gasteiger partial charge in [0.25, 0.3) is 0 Å². The molecule has 1 aromatic rings. The summed E-state index contributed by atoms with van der Waals surface area (Å²) in [7, 11) is 0. The molecule has 1 aromatic carbocycles. The van der Waals surface area contributed by atoms with Gasteiger partial charge in [0.2, 0.25) is 0 Å². The van der Waals surface area contributed by atoms with Gasteiger partial charge in [0.05, 0.1) is 5.60 Å². The second-order valence-corrected chi connectivity index (χ2v) is 7.69. The molecule has 3 heteroatoms. The van der Waals surface area contributed by atoms with E-state index in [9.17, 15) is 9.50 Å². The quantitative estimate of drug-likeness (QED) is 0.791. The summed E-state index contributed by atoms with van der Waals surface area (Å²) in [5.41, 5.74) is 0.0623. The monoisotopic (exact) mass is 312 g/mol. The maximum Gasteiger partial charge on any atom is 0.126 e. The van der Waals surface area contributed by atoms with E-state index in [0.29, 0.717) is 28.3 Å². The van der Waals surface area contributed by atoms with Gasteiger partial charge >= 0.3 is 0 Å². The van der Waals surface area contributed by atoms with Crippen LogP contribution >= 0.6 is 11.6 Å². The standard InChI is InChI=1S/C18H26ClFO/c1-4-17(2,3)14-7-9-18(21,10-8-14)12-13-11-15(19)5-6-16(13)20/h5-6,11,14,21H,4,7-10,12H2,1-3H3. The molecule has 1 fully saturated rings. The highest BCUT2D eigenvalue weighted by Gasteiger charge is 2.38. The van der Waals surface area contributed by atoms with Crippen molar-refractivity contribution in [2.75, 3.05) is 0 Å². The van der Waals surface area contributed by atoms with Gasteiger partial charge in [-0.1, -0.05) is 38.8 Å². The molecule has 1 aliphatic carbocycles. The lowest BCUT2D eigenvalue weighted by Gasteiger charge is -2.42. The molecular weight excluding hydrogens is 287 g/mol. The molecule has 0 radical (unpaired) electrons. The topological polar surface area (TPSA) is 20.2 Å². The van der Waals surface area contributed by atoms with Gasteiger partial charge in [0.1, 0.15) is 5.82 Å². The predicted molar refractivity (Wildman–Crippen MR) is 86.1 cm³/mol. The Kier molecular flexibility index (Phi) is 4.99. The molecule has 0 unspecified atom stereocenters. The molecule has 0 atom stereocenters. The Bertz CT molecular complexity index is 490. The zero-order valence-corrected chi connectivity index (χ0v) is 14.0. The van der Waals surface area contributed by atoms with E-state index in [4.69, 9.17) is 11.6 Å². The minimum atomic E-state index is -0.786. The van der Waals surface area contributed by atoms with Crippen LogP contribution < -0.4 is 0 Å². The van der Waals surface area contributed by atoms with Crippen molar-refractivity contribution in [1.29, 1.82) is 0 Å². The van der Waals surface area contributed by atoms with E-state index < -0.39 is 5.60 Å². The van der Waals surface area contributed by atoms with Gasteiger partial charge in [0, 0.05) is 11.4 Å². The highest BCUT2D eigenvalue weighted by molar-refractivity contribution is 6.30. The van der Waals surface area contributed by atoms with Crippen LogP contribution in [0.4, 0.5) is 4.39 Å². The normalized spacial score (nSPS) is 26.9. The lowest BCUT2D eigenvalue weighted by molar-refractivity contribution is -0.0281. The number of halogens is 2. The summed E-state index contributed by atoms with van der Waals surface area (Å²) in [6.07, 6.45) is 5.02. The summed E-state index contributed by atoms with van der Waals surface area (Å²) < 4.78 is 13.8. The molecule has 0 spiro atoms. The molecule has 0 amide bonds. The maximum absolute atomic E-state index is 13.8. The van der Waals surface area contributed by atoms with Gasteiger partial charge in [-0.2, -0.15) is 0 Å². The van der Waals surface area contributed by atoms with Crippen molar-refractivity contribution >= 4 is 11.6 Å². The van der Waals surface area contributed by atoms with Crippen LogP contribution in [0.15, 0.2) is 18.2 Å². The summed E-state index contributed by atoms with van der Waals surface area (Å²) in [5.74, 6) is 0.371. The van der Waals surface area contributed by atoms with Crippen LogP contribution in [0.1, 0.15) is 58.4 Å². The van der Waals surface area contributed by atoms with Crippen LogP contribution in [0.3, 0.4) is 0 Å². The molecule has 2 rings (SSSR count). The number of benzene rings is 1. The van der Waals surface area contributed by atoms with Crippen molar-refractivity contribution in [2.45, 2.75) is 64.9 Å². The van der Waals surface area contributed by atoms with E-state index >= 15 is 0 Å². The minimum absolute atomic E-state index is 0.274.